The fourth-order valence-corrected chi connectivity index (χ4v) is 8.12. The number of esters is 1. The van der Waals surface area contributed by atoms with Gasteiger partial charge >= 0.3 is 5.97 Å². The number of benzene rings is 3. The second-order valence-electron chi connectivity index (χ2n) is 14.4. The van der Waals surface area contributed by atoms with Gasteiger partial charge < -0.3 is 38.6 Å². The highest BCUT2D eigenvalue weighted by atomic mass is 19.1. The lowest BCUT2D eigenvalue weighted by atomic mass is 9.76. The third-order valence-electron chi connectivity index (χ3n) is 10.9. The Balaban J connectivity index is 1.07. The van der Waals surface area contributed by atoms with E-state index < -0.39 is 5.41 Å². The Kier molecular flexibility index (Phi) is 13.0. The molecule has 54 heavy (non-hydrogen) atoms. The van der Waals surface area contributed by atoms with E-state index in [4.69, 9.17) is 23.9 Å². The first-order chi connectivity index (χ1) is 26.2. The van der Waals surface area contributed by atoms with E-state index in [1.165, 1.54) is 12.1 Å². The molecule has 0 spiro atoms. The summed E-state index contributed by atoms with van der Waals surface area (Å²) in [6, 6.07) is 18.8. The molecule has 11 nitrogen and oxygen atoms in total. The zero-order valence-corrected chi connectivity index (χ0v) is 32.1. The summed E-state index contributed by atoms with van der Waals surface area (Å²) >= 11 is 0. The van der Waals surface area contributed by atoms with E-state index in [2.05, 4.69) is 20.9 Å². The molecular weight excluding hydrogens is 689 g/mol. The van der Waals surface area contributed by atoms with Crippen LogP contribution in [0.15, 0.2) is 60.7 Å². The van der Waals surface area contributed by atoms with E-state index in [1.807, 2.05) is 42.2 Å². The van der Waals surface area contributed by atoms with Crippen LogP contribution in [0, 0.1) is 11.2 Å². The monoisotopic (exact) mass is 743 g/mol. The molecule has 0 radical (unpaired) electrons. The second kappa shape index (κ2) is 18.0. The van der Waals surface area contributed by atoms with E-state index in [9.17, 15) is 14.0 Å². The summed E-state index contributed by atoms with van der Waals surface area (Å²) in [5, 5.41) is 3.72. The zero-order chi connectivity index (χ0) is 38.1. The van der Waals surface area contributed by atoms with Gasteiger partial charge in [-0.05, 0) is 106 Å². The number of aryl methyl sites for hydroxylation is 1. The van der Waals surface area contributed by atoms with Crippen molar-refractivity contribution < 1.29 is 32.9 Å². The summed E-state index contributed by atoms with van der Waals surface area (Å²) in [7, 11) is 4.75. The van der Waals surface area contributed by atoms with Crippen LogP contribution < -0.4 is 19.5 Å². The Morgan fingerprint density at radius 2 is 1.65 bits per heavy atom. The van der Waals surface area contributed by atoms with Crippen molar-refractivity contribution in [1.29, 1.82) is 0 Å². The molecule has 1 N–H and O–H groups in total. The average molecular weight is 744 g/mol. The number of methoxy groups -OCH3 is 3. The Labute approximate surface area is 317 Å². The first-order valence-electron chi connectivity index (χ1n) is 19.2. The van der Waals surface area contributed by atoms with Gasteiger partial charge in [-0.15, -0.1) is 0 Å². The standard InChI is InChI=1S/C42H54FN5O6/c1-5-54-38(49)12-8-22-48-35-11-7-6-10-34(35)45-41(48)44-33-17-23-46(24-18-33)21-9-19-42(28-30-13-15-32(43)16-14-30)20-25-47(40(42)50)29-31-26-36(51-2)39(53-4)37(27-31)52-3/h6-7,10-11,13-16,26-27,33H,5,8-9,12,17-25,28-29H2,1-4H3,(H,44,45). The molecule has 0 bridgehead atoms. The summed E-state index contributed by atoms with van der Waals surface area (Å²) in [6.45, 7) is 6.78. The largest absolute Gasteiger partial charge is 0.493 e. The summed E-state index contributed by atoms with van der Waals surface area (Å²) in [5.41, 5.74) is 3.30. The highest BCUT2D eigenvalue weighted by Gasteiger charge is 2.46. The molecule has 1 aromatic heterocycles. The lowest BCUT2D eigenvalue weighted by Gasteiger charge is -2.34. The zero-order valence-electron chi connectivity index (χ0n) is 32.1. The molecule has 2 aliphatic heterocycles. The van der Waals surface area contributed by atoms with Gasteiger partial charge in [0.1, 0.15) is 5.82 Å². The van der Waals surface area contributed by atoms with Crippen molar-refractivity contribution in [2.75, 3.05) is 59.4 Å². The molecule has 3 aromatic carbocycles. The average Bonchev–Trinajstić information content (AvgIpc) is 3.68. The number of rotatable bonds is 18. The van der Waals surface area contributed by atoms with Gasteiger partial charge in [0.15, 0.2) is 11.5 Å². The first kappa shape index (κ1) is 38.9. The van der Waals surface area contributed by atoms with E-state index >= 15 is 0 Å². The molecule has 0 saturated carbocycles. The van der Waals surface area contributed by atoms with Crippen molar-refractivity contribution >= 4 is 28.9 Å². The van der Waals surface area contributed by atoms with Crippen LogP contribution in [0.5, 0.6) is 17.2 Å². The Hall–Kier alpha value is -4.84. The number of anilines is 1. The molecule has 2 fully saturated rings. The number of carbonyl (C=O) groups excluding carboxylic acids is 2. The van der Waals surface area contributed by atoms with E-state index in [0.717, 1.165) is 79.8 Å². The Bertz CT molecular complexity index is 1850. The maximum Gasteiger partial charge on any atom is 0.305 e. The van der Waals surface area contributed by atoms with E-state index in [0.29, 0.717) is 62.8 Å². The van der Waals surface area contributed by atoms with Crippen LogP contribution in [0.1, 0.15) is 63.0 Å². The number of likely N-dealkylation sites (tertiary alicyclic amines) is 2. The van der Waals surface area contributed by atoms with Crippen molar-refractivity contribution in [2.24, 2.45) is 5.41 Å². The van der Waals surface area contributed by atoms with Crippen molar-refractivity contribution in [1.82, 2.24) is 19.4 Å². The first-order valence-corrected chi connectivity index (χ1v) is 19.2. The van der Waals surface area contributed by atoms with Crippen LogP contribution in [0.4, 0.5) is 10.3 Å². The fourth-order valence-electron chi connectivity index (χ4n) is 8.12. The number of piperidine rings is 1. The molecule has 3 heterocycles. The van der Waals surface area contributed by atoms with Crippen molar-refractivity contribution in [3.05, 3.63) is 77.6 Å². The molecule has 12 heteroatoms. The number of nitrogens with one attached hydrogen (secondary N) is 1. The number of ether oxygens (including phenoxy) is 4. The number of hydrogen-bond acceptors (Lipinski definition) is 9. The number of nitrogens with zero attached hydrogens (tertiary/aromatic N) is 4. The second-order valence-corrected chi connectivity index (χ2v) is 14.4. The number of imidazole rings is 1. The third kappa shape index (κ3) is 9.09. The number of carbonyl (C=O) groups is 2. The lowest BCUT2D eigenvalue weighted by Crippen LogP contribution is -2.41. The van der Waals surface area contributed by atoms with Crippen LogP contribution in [0.2, 0.25) is 0 Å². The SMILES string of the molecule is CCOC(=O)CCCn1c(NC2CCN(CCCC3(Cc4ccc(F)cc4)CCN(Cc4cc(OC)c(OC)c(OC)c4)C3=O)CC2)nc2ccccc21. The summed E-state index contributed by atoms with van der Waals surface area (Å²) in [4.78, 5) is 35.7. The van der Waals surface area contributed by atoms with Gasteiger partial charge in [-0.1, -0.05) is 24.3 Å². The van der Waals surface area contributed by atoms with Crippen molar-refractivity contribution in [2.45, 2.75) is 77.4 Å². The van der Waals surface area contributed by atoms with Gasteiger partial charge in [0.25, 0.3) is 0 Å². The number of hydrogen-bond donors (Lipinski definition) is 1. The lowest BCUT2D eigenvalue weighted by molar-refractivity contribution is -0.143. The predicted molar refractivity (Wildman–Crippen MR) is 207 cm³/mol. The molecule has 1 amide bonds. The molecule has 6 rings (SSSR count). The van der Waals surface area contributed by atoms with Crippen molar-refractivity contribution in [3.8, 4) is 17.2 Å². The normalized spacial score (nSPS) is 17.9. The summed E-state index contributed by atoms with van der Waals surface area (Å²) in [6.07, 6.45) is 5.97. The smallest absolute Gasteiger partial charge is 0.305 e. The minimum atomic E-state index is -0.565. The Morgan fingerprint density at radius 1 is 0.926 bits per heavy atom. The van der Waals surface area contributed by atoms with Crippen LogP contribution in [-0.2, 0) is 33.8 Å². The highest BCUT2D eigenvalue weighted by molar-refractivity contribution is 5.85. The Morgan fingerprint density at radius 3 is 2.33 bits per heavy atom. The topological polar surface area (TPSA) is 107 Å². The fraction of sp³-hybridized carbons (Fsp3) is 0.500. The molecule has 1 atom stereocenters. The van der Waals surface area contributed by atoms with Gasteiger partial charge in [0, 0.05) is 45.2 Å². The predicted octanol–water partition coefficient (Wildman–Crippen LogP) is 6.86. The van der Waals surface area contributed by atoms with Gasteiger partial charge in [0.2, 0.25) is 17.6 Å². The van der Waals surface area contributed by atoms with Crippen LogP contribution in [0.25, 0.3) is 11.0 Å². The number of aromatic nitrogens is 2. The maximum atomic E-state index is 14.4. The van der Waals surface area contributed by atoms with E-state index in [-0.39, 0.29) is 23.7 Å². The molecule has 0 aliphatic carbocycles. The number of para-hydroxylation sites is 2. The molecule has 4 aromatic rings. The molecule has 290 valence electrons. The summed E-state index contributed by atoms with van der Waals surface area (Å²) < 4.78 is 37.8. The van der Waals surface area contributed by atoms with Crippen molar-refractivity contribution in [3.63, 3.8) is 0 Å². The molecule has 2 aliphatic rings. The van der Waals surface area contributed by atoms with Crippen LogP contribution >= 0.6 is 0 Å². The van der Waals surface area contributed by atoms with Crippen LogP contribution in [-0.4, -0.2) is 91.4 Å². The highest BCUT2D eigenvalue weighted by Crippen LogP contribution is 2.43. The third-order valence-corrected chi connectivity index (χ3v) is 10.9. The molecular formula is C42H54FN5O6. The minimum Gasteiger partial charge on any atom is -0.493 e. The van der Waals surface area contributed by atoms with Gasteiger partial charge in [-0.25, -0.2) is 9.37 Å². The maximum absolute atomic E-state index is 14.4. The van der Waals surface area contributed by atoms with Gasteiger partial charge in [-0.3, -0.25) is 9.59 Å². The molecule has 2 saturated heterocycles. The number of halogens is 1. The summed E-state index contributed by atoms with van der Waals surface area (Å²) in [5.74, 6) is 2.16. The minimum absolute atomic E-state index is 0.133. The number of fused-ring (bicyclic) bond motifs is 1. The quantitative estimate of drug-likeness (QED) is 0.109. The van der Waals surface area contributed by atoms with E-state index in [1.54, 1.807) is 33.5 Å². The molecule has 1 unspecified atom stereocenters. The van der Waals surface area contributed by atoms with Gasteiger partial charge in [-0.2, -0.15) is 0 Å². The van der Waals surface area contributed by atoms with Gasteiger partial charge in [0.05, 0.1) is 44.4 Å². The van der Waals surface area contributed by atoms with Crippen LogP contribution in [0.3, 0.4) is 0 Å². The number of amides is 1.